The van der Waals surface area contributed by atoms with Gasteiger partial charge in [0.2, 0.25) is 0 Å². The SMILES string of the molecule is CC(C)(C)c1ccccc1Oc1cccc(F)c1CCl. The molecule has 2 rings (SSSR count). The van der Waals surface area contributed by atoms with E-state index in [4.69, 9.17) is 16.3 Å². The van der Waals surface area contributed by atoms with Crippen LogP contribution in [-0.2, 0) is 11.3 Å². The Morgan fingerprint density at radius 3 is 2.30 bits per heavy atom. The van der Waals surface area contributed by atoms with Crippen LogP contribution in [0.5, 0.6) is 11.5 Å². The van der Waals surface area contributed by atoms with Crippen LogP contribution in [0.4, 0.5) is 4.39 Å². The maximum absolute atomic E-state index is 13.7. The Kier molecular flexibility index (Phi) is 4.34. The van der Waals surface area contributed by atoms with Crippen LogP contribution in [0.2, 0.25) is 0 Å². The normalized spacial score (nSPS) is 11.4. The van der Waals surface area contributed by atoms with E-state index in [9.17, 15) is 4.39 Å². The molecule has 0 saturated heterocycles. The van der Waals surface area contributed by atoms with Gasteiger partial charge in [0.1, 0.15) is 17.3 Å². The predicted octanol–water partition coefficient (Wildman–Crippen LogP) is 5.65. The van der Waals surface area contributed by atoms with Crippen molar-refractivity contribution in [3.63, 3.8) is 0 Å². The van der Waals surface area contributed by atoms with Gasteiger partial charge in [-0.1, -0.05) is 45.0 Å². The summed E-state index contributed by atoms with van der Waals surface area (Å²) in [6.45, 7) is 6.34. The van der Waals surface area contributed by atoms with Gasteiger partial charge in [-0.05, 0) is 23.6 Å². The Balaban J connectivity index is 2.44. The number of hydrogen-bond donors (Lipinski definition) is 0. The minimum Gasteiger partial charge on any atom is -0.457 e. The first kappa shape index (κ1) is 14.9. The van der Waals surface area contributed by atoms with Crippen molar-refractivity contribution >= 4 is 11.6 Å². The summed E-state index contributed by atoms with van der Waals surface area (Å²) < 4.78 is 19.6. The highest BCUT2D eigenvalue weighted by molar-refractivity contribution is 6.17. The maximum atomic E-state index is 13.7. The molecule has 0 aromatic heterocycles. The lowest BCUT2D eigenvalue weighted by molar-refractivity contribution is 0.447. The minimum absolute atomic E-state index is 0.0505. The second-order valence-corrected chi connectivity index (χ2v) is 5.97. The number of rotatable bonds is 3. The summed E-state index contributed by atoms with van der Waals surface area (Å²) in [5, 5.41) is 0. The van der Waals surface area contributed by atoms with Crippen molar-refractivity contribution in [2.45, 2.75) is 32.1 Å². The first-order valence-electron chi connectivity index (χ1n) is 6.54. The molecule has 0 N–H and O–H groups in total. The summed E-state index contributed by atoms with van der Waals surface area (Å²) in [4.78, 5) is 0. The van der Waals surface area contributed by atoms with Crippen molar-refractivity contribution in [2.75, 3.05) is 0 Å². The number of hydrogen-bond acceptors (Lipinski definition) is 1. The van der Waals surface area contributed by atoms with E-state index in [1.54, 1.807) is 12.1 Å². The zero-order valence-corrected chi connectivity index (χ0v) is 12.7. The zero-order valence-electron chi connectivity index (χ0n) is 11.9. The van der Waals surface area contributed by atoms with E-state index in [2.05, 4.69) is 20.8 Å². The first-order chi connectivity index (χ1) is 9.43. The molecule has 0 unspecified atom stereocenters. The van der Waals surface area contributed by atoms with Crippen LogP contribution in [0.3, 0.4) is 0 Å². The van der Waals surface area contributed by atoms with Crippen molar-refractivity contribution in [2.24, 2.45) is 0 Å². The van der Waals surface area contributed by atoms with Gasteiger partial charge < -0.3 is 4.74 Å². The second kappa shape index (κ2) is 5.84. The Bertz CT molecular complexity index is 602. The number of alkyl halides is 1. The van der Waals surface area contributed by atoms with Crippen molar-refractivity contribution in [1.29, 1.82) is 0 Å². The molecule has 0 bridgehead atoms. The molecule has 0 radical (unpaired) electrons. The highest BCUT2D eigenvalue weighted by Gasteiger charge is 2.19. The van der Waals surface area contributed by atoms with E-state index in [1.807, 2.05) is 24.3 Å². The highest BCUT2D eigenvalue weighted by atomic mass is 35.5. The largest absolute Gasteiger partial charge is 0.457 e. The molecule has 106 valence electrons. The van der Waals surface area contributed by atoms with E-state index >= 15 is 0 Å². The minimum atomic E-state index is -0.342. The van der Waals surface area contributed by atoms with E-state index < -0.39 is 0 Å². The molecule has 0 spiro atoms. The molecule has 0 aliphatic rings. The average molecular weight is 293 g/mol. The molecule has 2 aromatic rings. The number of halogens is 2. The quantitative estimate of drug-likeness (QED) is 0.664. The van der Waals surface area contributed by atoms with E-state index in [0.29, 0.717) is 11.3 Å². The predicted molar refractivity (Wildman–Crippen MR) is 81.2 cm³/mol. The van der Waals surface area contributed by atoms with E-state index in [-0.39, 0.29) is 17.1 Å². The van der Waals surface area contributed by atoms with Gasteiger partial charge in [0.25, 0.3) is 0 Å². The maximum Gasteiger partial charge on any atom is 0.134 e. The summed E-state index contributed by atoms with van der Waals surface area (Å²) in [7, 11) is 0. The van der Waals surface area contributed by atoms with E-state index in [1.165, 1.54) is 6.07 Å². The van der Waals surface area contributed by atoms with Crippen molar-refractivity contribution in [1.82, 2.24) is 0 Å². The Morgan fingerprint density at radius 2 is 1.65 bits per heavy atom. The van der Waals surface area contributed by atoms with E-state index in [0.717, 1.165) is 11.3 Å². The smallest absolute Gasteiger partial charge is 0.134 e. The lowest BCUT2D eigenvalue weighted by Gasteiger charge is -2.23. The van der Waals surface area contributed by atoms with Crippen molar-refractivity contribution in [3.8, 4) is 11.5 Å². The second-order valence-electron chi connectivity index (χ2n) is 5.70. The summed E-state index contributed by atoms with van der Waals surface area (Å²) in [5.41, 5.74) is 1.41. The van der Waals surface area contributed by atoms with Gasteiger partial charge in [0, 0.05) is 11.1 Å². The van der Waals surface area contributed by atoms with Crippen LogP contribution in [0.15, 0.2) is 42.5 Å². The molecule has 0 aliphatic heterocycles. The first-order valence-corrected chi connectivity index (χ1v) is 7.07. The molecule has 0 amide bonds. The van der Waals surface area contributed by atoms with Crippen LogP contribution >= 0.6 is 11.6 Å². The zero-order chi connectivity index (χ0) is 14.8. The fraction of sp³-hybridized carbons (Fsp3) is 0.294. The van der Waals surface area contributed by atoms with Crippen LogP contribution in [-0.4, -0.2) is 0 Å². The van der Waals surface area contributed by atoms with Gasteiger partial charge in [0.15, 0.2) is 0 Å². The van der Waals surface area contributed by atoms with Gasteiger partial charge in [-0.2, -0.15) is 0 Å². The molecule has 0 aliphatic carbocycles. The fourth-order valence-electron chi connectivity index (χ4n) is 2.06. The Labute approximate surface area is 124 Å². The molecule has 0 atom stereocenters. The Hall–Kier alpha value is -1.54. The van der Waals surface area contributed by atoms with Gasteiger partial charge in [-0.15, -0.1) is 11.6 Å². The van der Waals surface area contributed by atoms with Gasteiger partial charge in [-0.3, -0.25) is 0 Å². The van der Waals surface area contributed by atoms with Gasteiger partial charge >= 0.3 is 0 Å². The molecule has 1 nitrogen and oxygen atoms in total. The molecular weight excluding hydrogens is 275 g/mol. The summed E-state index contributed by atoms with van der Waals surface area (Å²) in [6.07, 6.45) is 0. The van der Waals surface area contributed by atoms with Crippen LogP contribution < -0.4 is 4.74 Å². The fourth-order valence-corrected chi connectivity index (χ4v) is 2.32. The molecule has 20 heavy (non-hydrogen) atoms. The van der Waals surface area contributed by atoms with Crippen LogP contribution in [0, 0.1) is 5.82 Å². The summed E-state index contributed by atoms with van der Waals surface area (Å²) in [6, 6.07) is 12.5. The molecule has 0 fully saturated rings. The molecule has 2 aromatic carbocycles. The van der Waals surface area contributed by atoms with Crippen molar-refractivity contribution in [3.05, 3.63) is 59.4 Å². The monoisotopic (exact) mass is 292 g/mol. The van der Waals surface area contributed by atoms with Crippen LogP contribution in [0.25, 0.3) is 0 Å². The summed E-state index contributed by atoms with van der Waals surface area (Å²) >= 11 is 5.81. The molecule has 3 heteroatoms. The average Bonchev–Trinajstić information content (AvgIpc) is 2.38. The topological polar surface area (TPSA) is 9.23 Å². The Morgan fingerprint density at radius 1 is 1.00 bits per heavy atom. The van der Waals surface area contributed by atoms with Crippen molar-refractivity contribution < 1.29 is 9.13 Å². The van der Waals surface area contributed by atoms with Crippen LogP contribution in [0.1, 0.15) is 31.9 Å². The number of benzene rings is 2. The van der Waals surface area contributed by atoms with Gasteiger partial charge in [0.05, 0.1) is 5.88 Å². The number of ether oxygens (including phenoxy) is 1. The molecular formula is C17H18ClFO. The lowest BCUT2D eigenvalue weighted by Crippen LogP contribution is -2.12. The highest BCUT2D eigenvalue weighted by Crippen LogP contribution is 2.35. The third kappa shape index (κ3) is 3.13. The lowest BCUT2D eigenvalue weighted by atomic mass is 9.86. The standard InChI is InChI=1S/C17H18ClFO/c1-17(2,3)13-7-4-5-9-16(13)20-15-10-6-8-14(19)12(15)11-18/h4-10H,11H2,1-3H3. The third-order valence-electron chi connectivity index (χ3n) is 3.12. The molecule has 0 saturated carbocycles. The molecule has 0 heterocycles. The summed E-state index contributed by atoms with van der Waals surface area (Å²) in [5.74, 6) is 0.944. The third-order valence-corrected chi connectivity index (χ3v) is 3.39. The number of para-hydroxylation sites is 1. The van der Waals surface area contributed by atoms with Gasteiger partial charge in [-0.25, -0.2) is 4.39 Å².